The minimum absolute atomic E-state index is 0.710. The Morgan fingerprint density at radius 2 is 1.94 bits per heavy atom. The highest BCUT2D eigenvalue weighted by molar-refractivity contribution is 5.32. The maximum atomic E-state index is 9.49. The molecule has 1 nitrogen and oxygen atoms in total. The molecule has 0 radical (unpaired) electrons. The maximum absolute atomic E-state index is 9.49. The number of rotatable bonds is 7. The average molecular weight is 242 g/mol. The molecule has 96 valence electrons. The van der Waals surface area contributed by atoms with Crippen LogP contribution in [-0.2, 0) is 0 Å². The van der Waals surface area contributed by atoms with E-state index in [1.54, 1.807) is 12.2 Å². The molecule has 0 bridgehead atoms. The van der Waals surface area contributed by atoms with Crippen molar-refractivity contribution in [2.75, 3.05) is 0 Å². The molecule has 0 amide bonds. The summed E-state index contributed by atoms with van der Waals surface area (Å²) in [6.07, 6.45) is 14.1. The highest BCUT2D eigenvalue weighted by atomic mass is 16.3. The predicted molar refractivity (Wildman–Crippen MR) is 78.8 cm³/mol. The second-order valence-electron chi connectivity index (χ2n) is 3.84. The molecular weight excluding hydrogens is 220 g/mol. The third kappa shape index (κ3) is 12.4. The summed E-state index contributed by atoms with van der Waals surface area (Å²) < 4.78 is 0. The standard InChI is InChI=1S/C17H22O/c1-3-5-7-9-10-12-14-16-17(18)15-13-11-8-6-4-2/h3-4,6,14,16-18H,1,5,7,9-10,12H2,2H3/b6-4-,16-14-. The van der Waals surface area contributed by atoms with Gasteiger partial charge >= 0.3 is 0 Å². The van der Waals surface area contributed by atoms with Crippen LogP contribution in [0.1, 0.15) is 39.0 Å². The van der Waals surface area contributed by atoms with Crippen LogP contribution in [0.15, 0.2) is 37.0 Å². The Kier molecular flexibility index (Phi) is 12.1. The summed E-state index contributed by atoms with van der Waals surface area (Å²) in [5, 5.41) is 9.49. The third-order valence-corrected chi connectivity index (χ3v) is 2.20. The van der Waals surface area contributed by atoms with Gasteiger partial charge in [-0.05, 0) is 56.6 Å². The summed E-state index contributed by atoms with van der Waals surface area (Å²) in [6.45, 7) is 5.59. The highest BCUT2D eigenvalue weighted by Gasteiger charge is 1.90. The van der Waals surface area contributed by atoms with Crippen molar-refractivity contribution in [2.24, 2.45) is 0 Å². The van der Waals surface area contributed by atoms with Gasteiger partial charge in [0, 0.05) is 0 Å². The zero-order valence-corrected chi connectivity index (χ0v) is 11.2. The molecule has 0 aliphatic rings. The quantitative estimate of drug-likeness (QED) is 0.411. The smallest absolute Gasteiger partial charge is 0.134 e. The molecule has 0 saturated heterocycles. The van der Waals surface area contributed by atoms with Gasteiger partial charge in [-0.15, -0.1) is 6.58 Å². The SMILES string of the molecule is C=CCCCCC/C=C\C(O)C#CC#C/C=C\C. The normalized spacial score (nSPS) is 11.7. The zero-order valence-electron chi connectivity index (χ0n) is 11.2. The van der Waals surface area contributed by atoms with E-state index in [-0.39, 0.29) is 0 Å². The lowest BCUT2D eigenvalue weighted by atomic mass is 10.1. The van der Waals surface area contributed by atoms with Gasteiger partial charge in [0.05, 0.1) is 0 Å². The van der Waals surface area contributed by atoms with E-state index in [2.05, 4.69) is 30.3 Å². The summed E-state index contributed by atoms with van der Waals surface area (Å²) in [4.78, 5) is 0. The predicted octanol–water partition coefficient (Wildman–Crippen LogP) is 3.62. The van der Waals surface area contributed by atoms with E-state index < -0.39 is 6.10 Å². The van der Waals surface area contributed by atoms with Crippen molar-refractivity contribution < 1.29 is 5.11 Å². The summed E-state index contributed by atoms with van der Waals surface area (Å²) in [5.41, 5.74) is 0. The Morgan fingerprint density at radius 1 is 1.17 bits per heavy atom. The Hall–Kier alpha value is -1.70. The van der Waals surface area contributed by atoms with E-state index in [0.29, 0.717) is 0 Å². The molecule has 0 heterocycles. The highest BCUT2D eigenvalue weighted by Crippen LogP contribution is 2.04. The number of hydrogen-bond donors (Lipinski definition) is 1. The molecule has 0 aromatic rings. The first-order valence-corrected chi connectivity index (χ1v) is 6.39. The van der Waals surface area contributed by atoms with Crippen LogP contribution in [0.3, 0.4) is 0 Å². The zero-order chi connectivity index (χ0) is 13.5. The second kappa shape index (κ2) is 13.4. The van der Waals surface area contributed by atoms with Crippen LogP contribution in [0, 0.1) is 23.7 Å². The van der Waals surface area contributed by atoms with Crippen molar-refractivity contribution in [1.82, 2.24) is 0 Å². The molecule has 1 heteroatoms. The molecule has 0 aromatic carbocycles. The van der Waals surface area contributed by atoms with Crippen molar-refractivity contribution in [3.63, 3.8) is 0 Å². The molecule has 0 rings (SSSR count). The lowest BCUT2D eigenvalue weighted by Gasteiger charge is -1.95. The summed E-state index contributed by atoms with van der Waals surface area (Å²) in [5.74, 6) is 10.6. The van der Waals surface area contributed by atoms with Crippen molar-refractivity contribution in [3.8, 4) is 23.7 Å². The molecule has 0 fully saturated rings. The largest absolute Gasteiger partial charge is 0.377 e. The first-order chi connectivity index (χ1) is 8.81. The summed E-state index contributed by atoms with van der Waals surface area (Å²) in [7, 11) is 0. The van der Waals surface area contributed by atoms with Gasteiger partial charge in [-0.25, -0.2) is 0 Å². The fraction of sp³-hybridized carbons (Fsp3) is 0.412. The number of unbranched alkanes of at least 4 members (excludes halogenated alkanes) is 4. The number of aliphatic hydroxyl groups is 1. The van der Waals surface area contributed by atoms with Gasteiger partial charge in [-0.2, -0.15) is 0 Å². The fourth-order valence-electron chi connectivity index (χ4n) is 1.27. The molecule has 0 aliphatic heterocycles. The molecular formula is C17H22O. The van der Waals surface area contributed by atoms with E-state index in [4.69, 9.17) is 0 Å². The van der Waals surface area contributed by atoms with Crippen LogP contribution in [-0.4, -0.2) is 11.2 Å². The van der Waals surface area contributed by atoms with E-state index >= 15 is 0 Å². The van der Waals surface area contributed by atoms with Crippen LogP contribution < -0.4 is 0 Å². The number of aliphatic hydroxyl groups excluding tert-OH is 1. The number of allylic oxidation sites excluding steroid dienone is 4. The monoisotopic (exact) mass is 242 g/mol. The molecule has 0 spiro atoms. The van der Waals surface area contributed by atoms with E-state index in [1.807, 2.05) is 25.2 Å². The number of hydrogen-bond acceptors (Lipinski definition) is 1. The minimum atomic E-state index is -0.710. The van der Waals surface area contributed by atoms with Gasteiger partial charge < -0.3 is 5.11 Å². The van der Waals surface area contributed by atoms with E-state index in [0.717, 1.165) is 19.3 Å². The fourth-order valence-corrected chi connectivity index (χ4v) is 1.27. The van der Waals surface area contributed by atoms with Crippen molar-refractivity contribution in [2.45, 2.75) is 45.1 Å². The van der Waals surface area contributed by atoms with Crippen LogP contribution in [0.25, 0.3) is 0 Å². The van der Waals surface area contributed by atoms with Crippen molar-refractivity contribution in [1.29, 1.82) is 0 Å². The first-order valence-electron chi connectivity index (χ1n) is 6.39. The van der Waals surface area contributed by atoms with E-state index in [1.165, 1.54) is 12.8 Å². The molecule has 0 saturated carbocycles. The van der Waals surface area contributed by atoms with Gasteiger partial charge in [-0.3, -0.25) is 0 Å². The van der Waals surface area contributed by atoms with E-state index in [9.17, 15) is 5.11 Å². The lowest BCUT2D eigenvalue weighted by Crippen LogP contribution is -1.96. The molecule has 1 unspecified atom stereocenters. The summed E-state index contributed by atoms with van der Waals surface area (Å²) in [6, 6.07) is 0. The Morgan fingerprint density at radius 3 is 2.67 bits per heavy atom. The first kappa shape index (κ1) is 16.3. The van der Waals surface area contributed by atoms with Crippen LogP contribution in [0.4, 0.5) is 0 Å². The Labute approximate surface area is 111 Å². The minimum Gasteiger partial charge on any atom is -0.377 e. The molecule has 18 heavy (non-hydrogen) atoms. The Bertz CT molecular complexity index is 379. The molecule has 0 aromatic heterocycles. The van der Waals surface area contributed by atoms with Gasteiger partial charge in [0.2, 0.25) is 0 Å². The van der Waals surface area contributed by atoms with Gasteiger partial charge in [0.1, 0.15) is 6.10 Å². The van der Waals surface area contributed by atoms with Gasteiger partial charge in [0.25, 0.3) is 0 Å². The summed E-state index contributed by atoms with van der Waals surface area (Å²) >= 11 is 0. The third-order valence-electron chi connectivity index (χ3n) is 2.20. The van der Waals surface area contributed by atoms with Gasteiger partial charge in [0.15, 0.2) is 0 Å². The van der Waals surface area contributed by atoms with Gasteiger partial charge in [-0.1, -0.05) is 36.5 Å². The topological polar surface area (TPSA) is 20.2 Å². The average Bonchev–Trinajstić information content (AvgIpc) is 2.37. The van der Waals surface area contributed by atoms with Crippen molar-refractivity contribution in [3.05, 3.63) is 37.0 Å². The second-order valence-corrected chi connectivity index (χ2v) is 3.84. The molecule has 1 N–H and O–H groups in total. The molecule has 0 aliphatic carbocycles. The van der Waals surface area contributed by atoms with Crippen LogP contribution >= 0.6 is 0 Å². The van der Waals surface area contributed by atoms with Crippen LogP contribution in [0.2, 0.25) is 0 Å². The maximum Gasteiger partial charge on any atom is 0.134 e. The van der Waals surface area contributed by atoms with Crippen molar-refractivity contribution >= 4 is 0 Å². The molecule has 1 atom stereocenters. The van der Waals surface area contributed by atoms with Crippen LogP contribution in [0.5, 0.6) is 0 Å². The lowest BCUT2D eigenvalue weighted by molar-refractivity contribution is 0.280. The Balaban J connectivity index is 3.71.